The number of hydrogen-bond acceptors (Lipinski definition) is 3. The molecule has 0 fully saturated rings. The Morgan fingerprint density at radius 1 is 1.32 bits per heavy atom. The van der Waals surface area contributed by atoms with Crippen LogP contribution in [0.3, 0.4) is 0 Å². The minimum atomic E-state index is 0.633. The second-order valence-corrected chi connectivity index (χ2v) is 5.19. The van der Waals surface area contributed by atoms with Gasteiger partial charge in [-0.25, -0.2) is 0 Å². The van der Waals surface area contributed by atoms with Gasteiger partial charge in [-0.15, -0.1) is 0 Å². The quantitative estimate of drug-likeness (QED) is 0.703. The minimum absolute atomic E-state index is 0.633. The lowest BCUT2D eigenvalue weighted by Crippen LogP contribution is -2.29. The van der Waals surface area contributed by atoms with Crippen LogP contribution in [0.5, 0.6) is 0 Å². The fourth-order valence-corrected chi connectivity index (χ4v) is 2.18. The summed E-state index contributed by atoms with van der Waals surface area (Å²) >= 11 is 0. The molecule has 0 aromatic carbocycles. The standard InChI is InChI=1S/C16H29N3/c1-4-11-17-15(3)9-8-13-19(5-2)14-16-10-6-7-12-18-16/h6-7,10,12,15,17H,4-5,8-9,11,13-14H2,1-3H3. The van der Waals surface area contributed by atoms with E-state index < -0.39 is 0 Å². The van der Waals surface area contributed by atoms with Crippen molar-refractivity contribution in [2.24, 2.45) is 0 Å². The van der Waals surface area contributed by atoms with E-state index in [1.807, 2.05) is 12.3 Å². The Morgan fingerprint density at radius 2 is 2.16 bits per heavy atom. The number of pyridine rings is 1. The summed E-state index contributed by atoms with van der Waals surface area (Å²) in [5.41, 5.74) is 1.17. The SMILES string of the molecule is CCCNC(C)CCCN(CC)Cc1ccccn1. The van der Waals surface area contributed by atoms with Crippen molar-refractivity contribution < 1.29 is 0 Å². The van der Waals surface area contributed by atoms with Gasteiger partial charge in [0.15, 0.2) is 0 Å². The van der Waals surface area contributed by atoms with E-state index >= 15 is 0 Å². The number of nitrogens with zero attached hydrogens (tertiary/aromatic N) is 2. The predicted octanol–water partition coefficient (Wildman–Crippen LogP) is 3.07. The van der Waals surface area contributed by atoms with E-state index in [0.717, 1.165) is 26.2 Å². The second-order valence-electron chi connectivity index (χ2n) is 5.19. The van der Waals surface area contributed by atoms with Crippen LogP contribution in [0.15, 0.2) is 24.4 Å². The number of hydrogen-bond donors (Lipinski definition) is 1. The fraction of sp³-hybridized carbons (Fsp3) is 0.688. The maximum atomic E-state index is 4.40. The molecule has 0 spiro atoms. The molecule has 1 N–H and O–H groups in total. The number of nitrogens with one attached hydrogen (secondary N) is 1. The Hall–Kier alpha value is -0.930. The van der Waals surface area contributed by atoms with E-state index in [1.165, 1.54) is 25.0 Å². The molecule has 0 aliphatic heterocycles. The zero-order valence-corrected chi connectivity index (χ0v) is 12.7. The molecule has 0 saturated carbocycles. The molecule has 0 bridgehead atoms. The minimum Gasteiger partial charge on any atom is -0.314 e. The van der Waals surface area contributed by atoms with Gasteiger partial charge in [0, 0.05) is 18.8 Å². The highest BCUT2D eigenvalue weighted by molar-refractivity contribution is 5.03. The molecule has 1 rings (SSSR count). The highest BCUT2D eigenvalue weighted by atomic mass is 15.1. The Morgan fingerprint density at radius 3 is 2.79 bits per heavy atom. The van der Waals surface area contributed by atoms with Crippen LogP contribution in [0.25, 0.3) is 0 Å². The zero-order valence-electron chi connectivity index (χ0n) is 12.7. The second kappa shape index (κ2) is 9.93. The summed E-state index contributed by atoms with van der Waals surface area (Å²) in [5, 5.41) is 3.54. The maximum absolute atomic E-state index is 4.40. The smallest absolute Gasteiger partial charge is 0.0543 e. The van der Waals surface area contributed by atoms with Crippen LogP contribution in [-0.4, -0.2) is 35.6 Å². The van der Waals surface area contributed by atoms with Crippen LogP contribution < -0.4 is 5.32 Å². The van der Waals surface area contributed by atoms with Crippen molar-refractivity contribution >= 4 is 0 Å². The highest BCUT2D eigenvalue weighted by Gasteiger charge is 2.06. The molecule has 1 atom stereocenters. The Labute approximate surface area is 118 Å². The molecule has 1 heterocycles. The lowest BCUT2D eigenvalue weighted by Gasteiger charge is -2.21. The molecule has 19 heavy (non-hydrogen) atoms. The fourth-order valence-electron chi connectivity index (χ4n) is 2.18. The average Bonchev–Trinajstić information content (AvgIpc) is 2.45. The van der Waals surface area contributed by atoms with Gasteiger partial charge in [-0.1, -0.05) is 19.9 Å². The maximum Gasteiger partial charge on any atom is 0.0543 e. The Kier molecular flexibility index (Phi) is 8.43. The summed E-state index contributed by atoms with van der Waals surface area (Å²) in [6.07, 6.45) is 5.59. The van der Waals surface area contributed by atoms with E-state index in [1.54, 1.807) is 0 Å². The largest absolute Gasteiger partial charge is 0.314 e. The average molecular weight is 263 g/mol. The first kappa shape index (κ1) is 16.1. The van der Waals surface area contributed by atoms with E-state index in [9.17, 15) is 0 Å². The van der Waals surface area contributed by atoms with E-state index in [2.05, 4.69) is 48.1 Å². The molecule has 108 valence electrons. The molecule has 0 saturated heterocycles. The van der Waals surface area contributed by atoms with Crippen LogP contribution in [0.1, 0.15) is 45.7 Å². The molecule has 1 aromatic heterocycles. The van der Waals surface area contributed by atoms with Crippen LogP contribution in [0, 0.1) is 0 Å². The summed E-state index contributed by atoms with van der Waals surface area (Å²) < 4.78 is 0. The van der Waals surface area contributed by atoms with Gasteiger partial charge in [0.25, 0.3) is 0 Å². The zero-order chi connectivity index (χ0) is 13.9. The van der Waals surface area contributed by atoms with Gasteiger partial charge >= 0.3 is 0 Å². The first-order valence-electron chi connectivity index (χ1n) is 7.61. The van der Waals surface area contributed by atoms with Crippen LogP contribution in [0.2, 0.25) is 0 Å². The lowest BCUT2D eigenvalue weighted by atomic mass is 10.1. The predicted molar refractivity (Wildman–Crippen MR) is 82.2 cm³/mol. The van der Waals surface area contributed by atoms with Crippen molar-refractivity contribution in [3.05, 3.63) is 30.1 Å². The first-order valence-corrected chi connectivity index (χ1v) is 7.61. The molecule has 1 unspecified atom stereocenters. The van der Waals surface area contributed by atoms with E-state index in [4.69, 9.17) is 0 Å². The normalized spacial score (nSPS) is 12.8. The molecule has 0 amide bonds. The molecule has 3 heteroatoms. The van der Waals surface area contributed by atoms with Gasteiger partial charge in [-0.05, 0) is 58.0 Å². The summed E-state index contributed by atoms with van der Waals surface area (Å²) in [4.78, 5) is 6.86. The van der Waals surface area contributed by atoms with Gasteiger partial charge in [-0.3, -0.25) is 9.88 Å². The molecule has 0 aliphatic rings. The van der Waals surface area contributed by atoms with Crippen molar-refractivity contribution in [1.29, 1.82) is 0 Å². The first-order chi connectivity index (χ1) is 9.26. The van der Waals surface area contributed by atoms with Crippen molar-refractivity contribution in [1.82, 2.24) is 15.2 Å². The summed E-state index contributed by atoms with van der Waals surface area (Å²) in [7, 11) is 0. The highest BCUT2D eigenvalue weighted by Crippen LogP contribution is 2.04. The van der Waals surface area contributed by atoms with Gasteiger partial charge in [0.2, 0.25) is 0 Å². The van der Waals surface area contributed by atoms with E-state index in [0.29, 0.717) is 6.04 Å². The topological polar surface area (TPSA) is 28.2 Å². The third-order valence-electron chi connectivity index (χ3n) is 3.41. The van der Waals surface area contributed by atoms with Crippen molar-refractivity contribution in [3.8, 4) is 0 Å². The summed E-state index contributed by atoms with van der Waals surface area (Å²) in [6, 6.07) is 6.77. The third-order valence-corrected chi connectivity index (χ3v) is 3.41. The van der Waals surface area contributed by atoms with Crippen molar-refractivity contribution in [2.45, 2.75) is 52.6 Å². The van der Waals surface area contributed by atoms with Crippen LogP contribution in [-0.2, 0) is 6.54 Å². The van der Waals surface area contributed by atoms with Crippen LogP contribution in [0.4, 0.5) is 0 Å². The monoisotopic (exact) mass is 263 g/mol. The van der Waals surface area contributed by atoms with Gasteiger partial charge < -0.3 is 5.32 Å². The molecule has 0 aliphatic carbocycles. The summed E-state index contributed by atoms with van der Waals surface area (Å²) in [5.74, 6) is 0. The Balaban J connectivity index is 2.22. The van der Waals surface area contributed by atoms with Gasteiger partial charge in [0.1, 0.15) is 0 Å². The molecule has 0 radical (unpaired) electrons. The van der Waals surface area contributed by atoms with Gasteiger partial charge in [-0.2, -0.15) is 0 Å². The molecule has 1 aromatic rings. The van der Waals surface area contributed by atoms with Gasteiger partial charge in [0.05, 0.1) is 5.69 Å². The van der Waals surface area contributed by atoms with Crippen LogP contribution >= 0.6 is 0 Å². The molecule has 3 nitrogen and oxygen atoms in total. The lowest BCUT2D eigenvalue weighted by molar-refractivity contribution is 0.266. The molecular weight excluding hydrogens is 234 g/mol. The van der Waals surface area contributed by atoms with Crippen molar-refractivity contribution in [2.75, 3.05) is 19.6 Å². The van der Waals surface area contributed by atoms with Crippen molar-refractivity contribution in [3.63, 3.8) is 0 Å². The molecular formula is C16H29N3. The Bertz CT molecular complexity index is 313. The third kappa shape index (κ3) is 7.28. The number of rotatable bonds is 10. The number of aromatic nitrogens is 1. The van der Waals surface area contributed by atoms with E-state index in [-0.39, 0.29) is 0 Å². The summed E-state index contributed by atoms with van der Waals surface area (Å²) in [6.45, 7) is 11.1.